The van der Waals surface area contributed by atoms with E-state index in [4.69, 9.17) is 11.6 Å². The van der Waals surface area contributed by atoms with Gasteiger partial charge in [-0.25, -0.2) is 0 Å². The quantitative estimate of drug-likeness (QED) is 0.890. The van der Waals surface area contributed by atoms with Crippen molar-refractivity contribution < 1.29 is 0 Å². The molecular formula is C16H21ClN2. The Labute approximate surface area is 120 Å². The summed E-state index contributed by atoms with van der Waals surface area (Å²) in [7, 11) is 0. The molecule has 2 nitrogen and oxygen atoms in total. The Bertz CT molecular complexity index is 538. The van der Waals surface area contributed by atoms with Gasteiger partial charge in [-0.3, -0.25) is 0 Å². The van der Waals surface area contributed by atoms with E-state index >= 15 is 0 Å². The normalized spacial score (nSPS) is 11.8. The average Bonchev–Trinajstić information content (AvgIpc) is 2.73. The molecule has 0 bridgehead atoms. The van der Waals surface area contributed by atoms with Crippen molar-refractivity contribution in [3.05, 3.63) is 58.9 Å². The molecular weight excluding hydrogens is 256 g/mol. The van der Waals surface area contributed by atoms with Gasteiger partial charge in [-0.05, 0) is 50.1 Å². The molecule has 2 aromatic rings. The standard InChI is InChI=1S/C16H21ClN2/c1-16(2,3)18-10-14-7-8-19(12-14)11-13-5-4-6-15(17)9-13/h4-9,12,18H,10-11H2,1-3H3. The van der Waals surface area contributed by atoms with Crippen LogP contribution in [-0.2, 0) is 13.1 Å². The summed E-state index contributed by atoms with van der Waals surface area (Å²) in [4.78, 5) is 0. The lowest BCUT2D eigenvalue weighted by Gasteiger charge is -2.19. The Morgan fingerprint density at radius 2 is 1.95 bits per heavy atom. The Hall–Kier alpha value is -1.25. The lowest BCUT2D eigenvalue weighted by atomic mass is 10.1. The smallest absolute Gasteiger partial charge is 0.0470 e. The molecule has 0 saturated heterocycles. The Morgan fingerprint density at radius 1 is 1.16 bits per heavy atom. The highest BCUT2D eigenvalue weighted by Gasteiger charge is 2.08. The molecule has 3 heteroatoms. The van der Waals surface area contributed by atoms with E-state index in [2.05, 4.69) is 55.2 Å². The van der Waals surface area contributed by atoms with Crippen LogP contribution in [-0.4, -0.2) is 10.1 Å². The number of aromatic nitrogens is 1. The maximum absolute atomic E-state index is 6.00. The highest BCUT2D eigenvalue weighted by Crippen LogP contribution is 2.13. The second-order valence-electron chi connectivity index (χ2n) is 5.93. The Balaban J connectivity index is 1.97. The van der Waals surface area contributed by atoms with Gasteiger partial charge in [0.1, 0.15) is 0 Å². The van der Waals surface area contributed by atoms with Crippen LogP contribution in [0.5, 0.6) is 0 Å². The average molecular weight is 277 g/mol. The molecule has 0 aliphatic rings. The zero-order chi connectivity index (χ0) is 13.9. The second-order valence-corrected chi connectivity index (χ2v) is 6.36. The van der Waals surface area contributed by atoms with E-state index in [0.29, 0.717) is 0 Å². The summed E-state index contributed by atoms with van der Waals surface area (Å²) in [6.07, 6.45) is 4.29. The number of rotatable bonds is 4. The summed E-state index contributed by atoms with van der Waals surface area (Å²) < 4.78 is 2.19. The van der Waals surface area contributed by atoms with Gasteiger partial charge in [0.05, 0.1) is 0 Å². The van der Waals surface area contributed by atoms with Gasteiger partial charge in [0.15, 0.2) is 0 Å². The van der Waals surface area contributed by atoms with Gasteiger partial charge in [-0.1, -0.05) is 23.7 Å². The van der Waals surface area contributed by atoms with Crippen molar-refractivity contribution in [1.29, 1.82) is 0 Å². The fourth-order valence-corrected chi connectivity index (χ4v) is 2.12. The van der Waals surface area contributed by atoms with E-state index in [-0.39, 0.29) is 5.54 Å². The summed E-state index contributed by atoms with van der Waals surface area (Å²) in [6.45, 7) is 8.28. The molecule has 19 heavy (non-hydrogen) atoms. The van der Waals surface area contributed by atoms with Gasteiger partial charge >= 0.3 is 0 Å². The van der Waals surface area contributed by atoms with Crippen molar-refractivity contribution in [3.8, 4) is 0 Å². The highest BCUT2D eigenvalue weighted by atomic mass is 35.5. The summed E-state index contributed by atoms with van der Waals surface area (Å²) in [5, 5.41) is 4.28. The van der Waals surface area contributed by atoms with E-state index in [1.807, 2.05) is 18.2 Å². The van der Waals surface area contributed by atoms with E-state index < -0.39 is 0 Å². The van der Waals surface area contributed by atoms with Crippen LogP contribution in [0.2, 0.25) is 5.02 Å². The molecule has 1 N–H and O–H groups in total. The molecule has 0 fully saturated rings. The molecule has 0 atom stereocenters. The molecule has 0 saturated carbocycles. The van der Waals surface area contributed by atoms with E-state index in [0.717, 1.165) is 18.1 Å². The number of halogens is 1. The zero-order valence-corrected chi connectivity index (χ0v) is 12.5. The first kappa shape index (κ1) is 14.2. The van der Waals surface area contributed by atoms with Crippen molar-refractivity contribution >= 4 is 11.6 Å². The summed E-state index contributed by atoms with van der Waals surface area (Å²) in [5.41, 5.74) is 2.67. The molecule has 0 spiro atoms. The molecule has 0 unspecified atom stereocenters. The first-order valence-corrected chi connectivity index (χ1v) is 6.94. The van der Waals surface area contributed by atoms with E-state index in [1.165, 1.54) is 11.1 Å². The van der Waals surface area contributed by atoms with E-state index in [1.54, 1.807) is 0 Å². The number of nitrogens with zero attached hydrogens (tertiary/aromatic N) is 1. The number of hydrogen-bond acceptors (Lipinski definition) is 1. The largest absolute Gasteiger partial charge is 0.350 e. The molecule has 2 rings (SSSR count). The molecule has 0 amide bonds. The lowest BCUT2D eigenvalue weighted by molar-refractivity contribution is 0.424. The monoisotopic (exact) mass is 276 g/mol. The number of benzene rings is 1. The van der Waals surface area contributed by atoms with Crippen LogP contribution in [0.4, 0.5) is 0 Å². The molecule has 102 valence electrons. The van der Waals surface area contributed by atoms with Crippen molar-refractivity contribution in [2.75, 3.05) is 0 Å². The van der Waals surface area contributed by atoms with Crippen LogP contribution < -0.4 is 5.32 Å². The van der Waals surface area contributed by atoms with Crippen LogP contribution in [0.25, 0.3) is 0 Å². The van der Waals surface area contributed by atoms with Crippen LogP contribution in [0.1, 0.15) is 31.9 Å². The Morgan fingerprint density at radius 3 is 2.63 bits per heavy atom. The van der Waals surface area contributed by atoms with Gasteiger partial charge in [0.2, 0.25) is 0 Å². The maximum Gasteiger partial charge on any atom is 0.0470 e. The van der Waals surface area contributed by atoms with Crippen LogP contribution in [0.3, 0.4) is 0 Å². The minimum absolute atomic E-state index is 0.148. The zero-order valence-electron chi connectivity index (χ0n) is 11.8. The van der Waals surface area contributed by atoms with Crippen molar-refractivity contribution in [2.45, 2.75) is 39.4 Å². The van der Waals surface area contributed by atoms with Crippen LogP contribution >= 0.6 is 11.6 Å². The molecule has 0 aliphatic carbocycles. The molecule has 0 radical (unpaired) electrons. The first-order chi connectivity index (χ1) is 8.92. The van der Waals surface area contributed by atoms with Crippen LogP contribution in [0, 0.1) is 0 Å². The predicted molar refractivity (Wildman–Crippen MR) is 81.6 cm³/mol. The first-order valence-electron chi connectivity index (χ1n) is 6.56. The number of hydrogen-bond donors (Lipinski definition) is 1. The third-order valence-electron chi connectivity index (χ3n) is 2.89. The Kier molecular flexibility index (Phi) is 4.33. The second kappa shape index (κ2) is 5.81. The third kappa shape index (κ3) is 4.73. The minimum Gasteiger partial charge on any atom is -0.350 e. The van der Waals surface area contributed by atoms with Gasteiger partial charge < -0.3 is 9.88 Å². The van der Waals surface area contributed by atoms with Gasteiger partial charge in [-0.2, -0.15) is 0 Å². The maximum atomic E-state index is 6.00. The van der Waals surface area contributed by atoms with Gasteiger partial charge in [-0.15, -0.1) is 0 Å². The molecule has 1 aromatic heterocycles. The molecule has 1 heterocycles. The lowest BCUT2D eigenvalue weighted by Crippen LogP contribution is -2.34. The minimum atomic E-state index is 0.148. The fourth-order valence-electron chi connectivity index (χ4n) is 1.91. The fraction of sp³-hybridized carbons (Fsp3) is 0.375. The third-order valence-corrected chi connectivity index (χ3v) is 3.12. The SMILES string of the molecule is CC(C)(C)NCc1ccn(Cc2cccc(Cl)c2)c1. The van der Waals surface area contributed by atoms with Crippen molar-refractivity contribution in [1.82, 2.24) is 9.88 Å². The van der Waals surface area contributed by atoms with Gasteiger partial charge in [0.25, 0.3) is 0 Å². The number of nitrogens with one attached hydrogen (secondary N) is 1. The summed E-state index contributed by atoms with van der Waals surface area (Å²) in [6, 6.07) is 10.2. The van der Waals surface area contributed by atoms with Crippen molar-refractivity contribution in [2.24, 2.45) is 0 Å². The topological polar surface area (TPSA) is 17.0 Å². The summed E-state index contributed by atoms with van der Waals surface area (Å²) in [5.74, 6) is 0. The summed E-state index contributed by atoms with van der Waals surface area (Å²) >= 11 is 6.00. The highest BCUT2D eigenvalue weighted by molar-refractivity contribution is 6.30. The molecule has 0 aliphatic heterocycles. The van der Waals surface area contributed by atoms with E-state index in [9.17, 15) is 0 Å². The van der Waals surface area contributed by atoms with Crippen molar-refractivity contribution in [3.63, 3.8) is 0 Å². The van der Waals surface area contributed by atoms with Crippen LogP contribution in [0.15, 0.2) is 42.7 Å². The molecule has 1 aromatic carbocycles. The predicted octanol–water partition coefficient (Wildman–Crippen LogP) is 4.08. The van der Waals surface area contributed by atoms with Gasteiger partial charge in [0, 0.05) is 36.0 Å².